The molecule has 1 N–H and O–H groups in total. The lowest BCUT2D eigenvalue weighted by atomic mass is 9.98. The van der Waals surface area contributed by atoms with Gasteiger partial charge in [0.2, 0.25) is 0 Å². The van der Waals surface area contributed by atoms with E-state index in [0.29, 0.717) is 25.8 Å². The van der Waals surface area contributed by atoms with Crippen LogP contribution in [0.15, 0.2) is 48.5 Å². The summed E-state index contributed by atoms with van der Waals surface area (Å²) in [4.78, 5) is 26.0. The van der Waals surface area contributed by atoms with Crippen molar-refractivity contribution in [1.82, 2.24) is 4.90 Å². The number of likely N-dealkylation sites (tertiary alicyclic amines) is 1. The number of carbonyl (C=O) groups is 2. The summed E-state index contributed by atoms with van der Waals surface area (Å²) in [5.41, 5.74) is 4.73. The highest BCUT2D eigenvalue weighted by Crippen LogP contribution is 2.44. The number of hydrogen-bond acceptors (Lipinski definition) is 4. The van der Waals surface area contributed by atoms with Gasteiger partial charge in [0.25, 0.3) is 0 Å². The zero-order chi connectivity index (χ0) is 18.8. The van der Waals surface area contributed by atoms with Gasteiger partial charge in [-0.2, -0.15) is 0 Å². The fourth-order valence-corrected chi connectivity index (χ4v) is 4.23. The van der Waals surface area contributed by atoms with Gasteiger partial charge in [-0.1, -0.05) is 48.5 Å². The first-order valence-electron chi connectivity index (χ1n) is 9.43. The Balaban J connectivity index is 1.50. The average Bonchev–Trinajstić information content (AvgIpc) is 3.00. The predicted octanol–water partition coefficient (Wildman–Crippen LogP) is 3.35. The fourth-order valence-electron chi connectivity index (χ4n) is 4.23. The number of aliphatic hydroxyl groups is 1. The highest BCUT2D eigenvalue weighted by Gasteiger charge is 2.33. The van der Waals surface area contributed by atoms with Crippen LogP contribution < -0.4 is 0 Å². The van der Waals surface area contributed by atoms with Gasteiger partial charge in [0.1, 0.15) is 12.4 Å². The number of amides is 1. The minimum absolute atomic E-state index is 0.0177. The van der Waals surface area contributed by atoms with E-state index in [1.54, 1.807) is 4.90 Å². The second-order valence-corrected chi connectivity index (χ2v) is 7.16. The van der Waals surface area contributed by atoms with Gasteiger partial charge >= 0.3 is 6.09 Å². The number of carbonyl (C=O) groups excluding carboxylic acids is 2. The second kappa shape index (κ2) is 7.53. The molecule has 2 aromatic rings. The second-order valence-electron chi connectivity index (χ2n) is 7.16. The van der Waals surface area contributed by atoms with Gasteiger partial charge in [-0.3, -0.25) is 4.79 Å². The molecule has 4 rings (SSSR count). The minimum Gasteiger partial charge on any atom is -0.448 e. The van der Waals surface area contributed by atoms with E-state index in [2.05, 4.69) is 24.3 Å². The molecule has 1 amide bonds. The first kappa shape index (κ1) is 17.7. The van der Waals surface area contributed by atoms with E-state index in [-0.39, 0.29) is 31.0 Å². The standard InChI is InChI=1S/C22H23NO4/c24-12-10-15-13-16(25)9-11-23(15)22(26)27-14-21-19-7-3-1-5-17(19)18-6-2-4-8-20(18)21/h1-8,15,21,24H,9-14H2. The third-order valence-corrected chi connectivity index (χ3v) is 5.57. The first-order valence-corrected chi connectivity index (χ1v) is 9.43. The predicted molar refractivity (Wildman–Crippen MR) is 102 cm³/mol. The molecule has 0 spiro atoms. The maximum Gasteiger partial charge on any atom is 0.410 e. The molecule has 0 bridgehead atoms. The van der Waals surface area contributed by atoms with E-state index in [1.807, 2.05) is 24.3 Å². The number of ketones is 1. The molecule has 1 aliphatic heterocycles. The number of fused-ring (bicyclic) bond motifs is 3. The van der Waals surface area contributed by atoms with Gasteiger partial charge in [0, 0.05) is 38.0 Å². The first-order chi connectivity index (χ1) is 13.2. The van der Waals surface area contributed by atoms with Crippen molar-refractivity contribution in [2.75, 3.05) is 19.8 Å². The topological polar surface area (TPSA) is 66.8 Å². The molecule has 1 saturated heterocycles. The number of ether oxygens (including phenoxy) is 1. The molecule has 0 saturated carbocycles. The zero-order valence-corrected chi connectivity index (χ0v) is 15.1. The van der Waals surface area contributed by atoms with Crippen molar-refractivity contribution < 1.29 is 19.4 Å². The zero-order valence-electron chi connectivity index (χ0n) is 15.1. The molecule has 2 aromatic carbocycles. The van der Waals surface area contributed by atoms with E-state index in [4.69, 9.17) is 4.74 Å². The molecule has 1 unspecified atom stereocenters. The van der Waals surface area contributed by atoms with Crippen LogP contribution in [-0.4, -0.2) is 47.7 Å². The monoisotopic (exact) mass is 365 g/mol. The van der Waals surface area contributed by atoms with E-state index < -0.39 is 6.09 Å². The Morgan fingerprint density at radius 3 is 2.33 bits per heavy atom. The smallest absolute Gasteiger partial charge is 0.410 e. The Morgan fingerprint density at radius 2 is 1.70 bits per heavy atom. The van der Waals surface area contributed by atoms with Crippen LogP contribution in [0.1, 0.15) is 36.3 Å². The van der Waals surface area contributed by atoms with Gasteiger partial charge in [0.05, 0.1) is 0 Å². The number of hydrogen-bond donors (Lipinski definition) is 1. The molecular weight excluding hydrogens is 342 g/mol. The Bertz CT molecular complexity index is 817. The number of rotatable bonds is 4. The molecule has 1 fully saturated rings. The van der Waals surface area contributed by atoms with Gasteiger partial charge in [-0.25, -0.2) is 4.79 Å². The normalized spacial score (nSPS) is 18.9. The summed E-state index contributed by atoms with van der Waals surface area (Å²) in [6, 6.07) is 16.2. The molecule has 5 heteroatoms. The SMILES string of the molecule is O=C1CCN(C(=O)OCC2c3ccccc3-c3ccccc32)C(CCO)C1. The molecule has 1 atom stereocenters. The van der Waals surface area contributed by atoms with Crippen molar-refractivity contribution in [3.05, 3.63) is 59.7 Å². The maximum absolute atomic E-state index is 12.7. The van der Waals surface area contributed by atoms with Gasteiger partial charge in [0.15, 0.2) is 0 Å². The van der Waals surface area contributed by atoms with Crippen molar-refractivity contribution in [1.29, 1.82) is 0 Å². The molecule has 1 heterocycles. The van der Waals surface area contributed by atoms with Crippen LogP contribution in [0.5, 0.6) is 0 Å². The van der Waals surface area contributed by atoms with E-state index in [1.165, 1.54) is 22.3 Å². The summed E-state index contributed by atoms with van der Waals surface area (Å²) in [7, 11) is 0. The van der Waals surface area contributed by atoms with E-state index >= 15 is 0 Å². The molecule has 140 valence electrons. The molecule has 0 radical (unpaired) electrons. The lowest BCUT2D eigenvalue weighted by molar-refractivity contribution is -0.122. The number of nitrogens with zero attached hydrogens (tertiary/aromatic N) is 1. The third-order valence-electron chi connectivity index (χ3n) is 5.57. The van der Waals surface area contributed by atoms with Crippen LogP contribution in [0.2, 0.25) is 0 Å². The summed E-state index contributed by atoms with van der Waals surface area (Å²) >= 11 is 0. The summed E-state index contributed by atoms with van der Waals surface area (Å²) in [6.45, 7) is 0.578. The number of aliphatic hydroxyl groups excluding tert-OH is 1. The van der Waals surface area contributed by atoms with Gasteiger partial charge in [-0.15, -0.1) is 0 Å². The van der Waals surface area contributed by atoms with Crippen LogP contribution in [0.25, 0.3) is 11.1 Å². The molecular formula is C22H23NO4. The van der Waals surface area contributed by atoms with Gasteiger partial charge in [-0.05, 0) is 28.7 Å². The van der Waals surface area contributed by atoms with Gasteiger partial charge < -0.3 is 14.7 Å². The highest BCUT2D eigenvalue weighted by atomic mass is 16.6. The largest absolute Gasteiger partial charge is 0.448 e. The van der Waals surface area contributed by atoms with Crippen molar-refractivity contribution in [2.45, 2.75) is 31.2 Å². The number of piperidine rings is 1. The average molecular weight is 365 g/mol. The molecule has 5 nitrogen and oxygen atoms in total. The fraction of sp³-hybridized carbons (Fsp3) is 0.364. The Hall–Kier alpha value is -2.66. The highest BCUT2D eigenvalue weighted by molar-refractivity contribution is 5.82. The van der Waals surface area contributed by atoms with Crippen LogP contribution in [-0.2, 0) is 9.53 Å². The van der Waals surface area contributed by atoms with E-state index in [9.17, 15) is 14.7 Å². The van der Waals surface area contributed by atoms with Crippen LogP contribution in [0.3, 0.4) is 0 Å². The van der Waals surface area contributed by atoms with Crippen molar-refractivity contribution in [3.8, 4) is 11.1 Å². The molecule has 1 aliphatic carbocycles. The Labute approximate surface area is 158 Å². The van der Waals surface area contributed by atoms with Crippen LogP contribution in [0.4, 0.5) is 4.79 Å². The van der Waals surface area contributed by atoms with E-state index in [0.717, 1.165) is 0 Å². The molecule has 27 heavy (non-hydrogen) atoms. The summed E-state index contributed by atoms with van der Waals surface area (Å²) in [5.74, 6) is 0.153. The summed E-state index contributed by atoms with van der Waals surface area (Å²) in [6.07, 6.45) is 0.648. The number of benzene rings is 2. The lowest BCUT2D eigenvalue weighted by Gasteiger charge is -2.34. The van der Waals surface area contributed by atoms with Crippen molar-refractivity contribution in [3.63, 3.8) is 0 Å². The van der Waals surface area contributed by atoms with Crippen LogP contribution >= 0.6 is 0 Å². The van der Waals surface area contributed by atoms with Crippen LogP contribution in [0, 0.1) is 0 Å². The van der Waals surface area contributed by atoms with Crippen molar-refractivity contribution in [2.24, 2.45) is 0 Å². The quantitative estimate of drug-likeness (QED) is 0.902. The lowest BCUT2D eigenvalue weighted by Crippen LogP contribution is -2.47. The molecule has 2 aliphatic rings. The number of Topliss-reactive ketones (excluding diaryl/α,β-unsaturated/α-hetero) is 1. The van der Waals surface area contributed by atoms with Crippen molar-refractivity contribution >= 4 is 11.9 Å². The Kier molecular flexibility index (Phi) is 4.94. The third kappa shape index (κ3) is 3.35. The summed E-state index contributed by atoms with van der Waals surface area (Å²) in [5, 5.41) is 9.24. The Morgan fingerprint density at radius 1 is 1.07 bits per heavy atom. The maximum atomic E-state index is 12.7. The minimum atomic E-state index is -0.400. The molecule has 0 aromatic heterocycles. The summed E-state index contributed by atoms with van der Waals surface area (Å²) < 4.78 is 5.69.